The van der Waals surface area contributed by atoms with Crippen molar-refractivity contribution in [3.05, 3.63) is 174 Å². The molecule has 0 aliphatic heterocycles. The van der Waals surface area contributed by atoms with E-state index in [1.54, 1.807) is 5.56 Å². The summed E-state index contributed by atoms with van der Waals surface area (Å²) in [7, 11) is 0. The minimum atomic E-state index is -0.141. The van der Waals surface area contributed by atoms with Gasteiger partial charge in [0.2, 0.25) is 0 Å². The van der Waals surface area contributed by atoms with Crippen molar-refractivity contribution in [2.24, 2.45) is 17.8 Å². The van der Waals surface area contributed by atoms with Gasteiger partial charge >= 0.3 is 0 Å². The van der Waals surface area contributed by atoms with Gasteiger partial charge in [0, 0.05) is 16.8 Å². The molecule has 0 N–H and O–H groups in total. The Morgan fingerprint density at radius 2 is 1.06 bits per heavy atom. The lowest BCUT2D eigenvalue weighted by Crippen LogP contribution is -2.48. The second-order valence-corrected chi connectivity index (χ2v) is 17.6. The topological polar surface area (TPSA) is 3.24 Å². The molecule has 7 aromatic rings. The van der Waals surface area contributed by atoms with Crippen LogP contribution in [0.1, 0.15) is 69.1 Å². The van der Waals surface area contributed by atoms with Crippen molar-refractivity contribution < 1.29 is 0 Å². The molecule has 5 aliphatic carbocycles. The summed E-state index contributed by atoms with van der Waals surface area (Å²) in [6, 6.07) is 59.5. The smallest absolute Gasteiger partial charge is 0.0508 e. The standard InChI is InChI=1S/C53H47N/c1-52(2)48-22-7-6-18-46(48)47-21-11-23-49(51(47)52)54(42-26-24-41(25-27-42)53-32-35-28-36(33-53)30-37(29-35)34-53)43-17-8-16-40(31-43)45-20-10-15-39-14-9-19-44(50(39)45)38-12-4-3-5-13-38/h3-27,31,35-37H,28-30,32-34H2,1-2H3. The van der Waals surface area contributed by atoms with Gasteiger partial charge in [0.15, 0.2) is 0 Å². The van der Waals surface area contributed by atoms with E-state index in [4.69, 9.17) is 0 Å². The van der Waals surface area contributed by atoms with Gasteiger partial charge in [-0.3, -0.25) is 0 Å². The van der Waals surface area contributed by atoms with Crippen LogP contribution in [0.2, 0.25) is 0 Å². The van der Waals surface area contributed by atoms with Gasteiger partial charge in [-0.1, -0.05) is 141 Å². The minimum absolute atomic E-state index is 0.141. The second kappa shape index (κ2) is 12.1. The molecular weight excluding hydrogens is 651 g/mol. The Hall–Kier alpha value is -5.40. The van der Waals surface area contributed by atoms with Gasteiger partial charge in [-0.25, -0.2) is 0 Å². The maximum Gasteiger partial charge on any atom is 0.0508 e. The molecule has 0 amide bonds. The molecule has 0 unspecified atom stereocenters. The number of anilines is 3. The number of nitrogens with zero attached hydrogens (tertiary/aromatic N) is 1. The zero-order valence-electron chi connectivity index (χ0n) is 31.4. The largest absolute Gasteiger partial charge is 0.310 e. The third kappa shape index (κ3) is 4.90. The summed E-state index contributed by atoms with van der Waals surface area (Å²) < 4.78 is 0. The molecule has 4 bridgehead atoms. The number of benzene rings is 7. The molecule has 0 radical (unpaired) electrons. The molecule has 4 saturated carbocycles. The molecule has 0 saturated heterocycles. The number of hydrogen-bond donors (Lipinski definition) is 0. The molecular formula is C53H47N. The molecule has 5 aliphatic rings. The van der Waals surface area contributed by atoms with E-state index in [-0.39, 0.29) is 5.41 Å². The Bertz CT molecular complexity index is 2520. The normalized spacial score (nSPS) is 23.0. The first kappa shape index (κ1) is 32.1. The zero-order valence-corrected chi connectivity index (χ0v) is 31.4. The monoisotopic (exact) mass is 697 g/mol. The van der Waals surface area contributed by atoms with Crippen molar-refractivity contribution in [3.8, 4) is 33.4 Å². The summed E-state index contributed by atoms with van der Waals surface area (Å²) >= 11 is 0. The molecule has 12 rings (SSSR count). The highest BCUT2D eigenvalue weighted by atomic mass is 15.1. The maximum absolute atomic E-state index is 2.56. The van der Waals surface area contributed by atoms with E-state index in [1.165, 1.54) is 111 Å². The quantitative estimate of drug-likeness (QED) is 0.167. The van der Waals surface area contributed by atoms with Gasteiger partial charge in [-0.2, -0.15) is 0 Å². The third-order valence-corrected chi connectivity index (χ3v) is 14.0. The highest BCUT2D eigenvalue weighted by molar-refractivity contribution is 6.06. The Morgan fingerprint density at radius 3 is 1.78 bits per heavy atom. The van der Waals surface area contributed by atoms with E-state index in [0.717, 1.165) is 17.8 Å². The fourth-order valence-corrected chi connectivity index (χ4v) is 12.1. The van der Waals surface area contributed by atoms with Gasteiger partial charge < -0.3 is 4.90 Å². The molecule has 0 aromatic heterocycles. The lowest BCUT2D eigenvalue weighted by Gasteiger charge is -2.57. The minimum Gasteiger partial charge on any atom is -0.310 e. The van der Waals surface area contributed by atoms with Gasteiger partial charge in [-0.05, 0) is 153 Å². The van der Waals surface area contributed by atoms with E-state index < -0.39 is 0 Å². The van der Waals surface area contributed by atoms with Crippen molar-refractivity contribution in [3.63, 3.8) is 0 Å². The summed E-state index contributed by atoms with van der Waals surface area (Å²) in [5.74, 6) is 2.80. The average Bonchev–Trinajstić information content (AvgIpc) is 3.44. The molecule has 4 fully saturated rings. The van der Waals surface area contributed by atoms with Crippen molar-refractivity contribution in [1.29, 1.82) is 0 Å². The Labute approximate surface area is 320 Å². The van der Waals surface area contributed by atoms with Gasteiger partial charge in [0.25, 0.3) is 0 Å². The molecule has 1 heteroatoms. The molecule has 0 spiro atoms. The summed E-state index contributed by atoms with van der Waals surface area (Å²) in [6.45, 7) is 4.82. The van der Waals surface area contributed by atoms with E-state index in [9.17, 15) is 0 Å². The first-order valence-corrected chi connectivity index (χ1v) is 20.3. The number of fused-ring (bicyclic) bond motifs is 4. The predicted octanol–water partition coefficient (Wildman–Crippen LogP) is 14.4. The SMILES string of the molecule is CC1(C)c2ccccc2-c2cccc(N(c3ccc(C45CC6CC(CC(C6)C4)C5)cc3)c3cccc(-c4cccc5cccc(-c6ccccc6)c45)c3)c21. The van der Waals surface area contributed by atoms with Crippen LogP contribution in [0, 0.1) is 17.8 Å². The molecule has 264 valence electrons. The fraction of sp³-hybridized carbons (Fsp3) is 0.245. The van der Waals surface area contributed by atoms with E-state index in [2.05, 4.69) is 176 Å². The molecule has 0 heterocycles. The van der Waals surface area contributed by atoms with Crippen molar-refractivity contribution in [2.45, 2.75) is 63.2 Å². The van der Waals surface area contributed by atoms with Crippen molar-refractivity contribution in [1.82, 2.24) is 0 Å². The Kier molecular flexibility index (Phi) is 7.16. The lowest BCUT2D eigenvalue weighted by atomic mass is 9.48. The zero-order chi connectivity index (χ0) is 36.0. The number of hydrogen-bond acceptors (Lipinski definition) is 1. The lowest BCUT2D eigenvalue weighted by molar-refractivity contribution is -0.00518. The average molecular weight is 698 g/mol. The van der Waals surface area contributed by atoms with Crippen LogP contribution in [0.5, 0.6) is 0 Å². The highest BCUT2D eigenvalue weighted by Gasteiger charge is 2.51. The molecule has 7 aromatic carbocycles. The first-order chi connectivity index (χ1) is 26.4. The summed E-state index contributed by atoms with van der Waals surface area (Å²) in [6.07, 6.45) is 8.59. The molecule has 54 heavy (non-hydrogen) atoms. The van der Waals surface area contributed by atoms with Gasteiger partial charge in [0.1, 0.15) is 0 Å². The van der Waals surface area contributed by atoms with E-state index >= 15 is 0 Å². The van der Waals surface area contributed by atoms with Crippen LogP contribution >= 0.6 is 0 Å². The van der Waals surface area contributed by atoms with E-state index in [1.807, 2.05) is 0 Å². The van der Waals surface area contributed by atoms with Crippen LogP contribution in [0.25, 0.3) is 44.2 Å². The number of rotatable bonds is 6. The Morgan fingerprint density at radius 1 is 0.481 bits per heavy atom. The summed E-state index contributed by atoms with van der Waals surface area (Å²) in [5, 5.41) is 2.56. The molecule has 1 nitrogen and oxygen atoms in total. The molecule has 0 atom stereocenters. The Balaban J connectivity index is 1.09. The van der Waals surface area contributed by atoms with Gasteiger partial charge in [0.05, 0.1) is 5.69 Å². The predicted molar refractivity (Wildman–Crippen MR) is 227 cm³/mol. The van der Waals surface area contributed by atoms with Crippen LogP contribution in [0.3, 0.4) is 0 Å². The van der Waals surface area contributed by atoms with E-state index in [0.29, 0.717) is 5.41 Å². The first-order valence-electron chi connectivity index (χ1n) is 20.3. The van der Waals surface area contributed by atoms with Crippen molar-refractivity contribution in [2.75, 3.05) is 4.90 Å². The third-order valence-electron chi connectivity index (χ3n) is 14.0. The van der Waals surface area contributed by atoms with Gasteiger partial charge in [-0.15, -0.1) is 0 Å². The second-order valence-electron chi connectivity index (χ2n) is 17.6. The van der Waals surface area contributed by atoms with Crippen LogP contribution in [0.4, 0.5) is 17.1 Å². The highest BCUT2D eigenvalue weighted by Crippen LogP contribution is 2.61. The van der Waals surface area contributed by atoms with Crippen molar-refractivity contribution >= 4 is 27.8 Å². The van der Waals surface area contributed by atoms with Crippen LogP contribution in [-0.4, -0.2) is 0 Å². The van der Waals surface area contributed by atoms with Crippen LogP contribution < -0.4 is 4.90 Å². The summed E-state index contributed by atoms with van der Waals surface area (Å²) in [5.41, 5.74) is 16.0. The summed E-state index contributed by atoms with van der Waals surface area (Å²) in [4.78, 5) is 2.56. The maximum atomic E-state index is 2.56. The fourth-order valence-electron chi connectivity index (χ4n) is 12.1. The van der Waals surface area contributed by atoms with Crippen LogP contribution in [-0.2, 0) is 10.8 Å². The van der Waals surface area contributed by atoms with Crippen LogP contribution in [0.15, 0.2) is 158 Å².